The molecule has 2 rings (SSSR count). The van der Waals surface area contributed by atoms with Gasteiger partial charge in [-0.15, -0.1) is 0 Å². The molecule has 126 valence electrons. The molecule has 0 amide bonds. The molecule has 2 aromatic rings. The van der Waals surface area contributed by atoms with Crippen molar-refractivity contribution in [2.24, 2.45) is 0 Å². The van der Waals surface area contributed by atoms with Crippen LogP contribution >= 0.6 is 23.4 Å². The first kappa shape index (κ1) is 18.5. The molecule has 0 saturated heterocycles. The smallest absolute Gasteiger partial charge is 0.339 e. The van der Waals surface area contributed by atoms with E-state index in [0.29, 0.717) is 26.7 Å². The molecule has 0 bridgehead atoms. The third-order valence-corrected chi connectivity index (χ3v) is 4.56. The molecule has 0 N–H and O–H groups in total. The van der Waals surface area contributed by atoms with Gasteiger partial charge in [0.25, 0.3) is 0 Å². The Morgan fingerprint density at radius 2 is 1.96 bits per heavy atom. The molecule has 0 aliphatic heterocycles. The molecule has 0 aliphatic carbocycles. The van der Waals surface area contributed by atoms with Gasteiger partial charge in [-0.1, -0.05) is 35.5 Å². The molecule has 0 atom stereocenters. The van der Waals surface area contributed by atoms with Crippen LogP contribution in [0, 0.1) is 5.82 Å². The maximum Gasteiger partial charge on any atom is 0.339 e. The summed E-state index contributed by atoms with van der Waals surface area (Å²) in [6, 6.07) is 8.76. The van der Waals surface area contributed by atoms with E-state index >= 15 is 0 Å². The monoisotopic (exact) mass is 366 g/mol. The molecule has 24 heavy (non-hydrogen) atoms. The van der Waals surface area contributed by atoms with Gasteiger partial charge >= 0.3 is 5.97 Å². The number of ether oxygens (including phenoxy) is 1. The first-order chi connectivity index (χ1) is 11.2. The number of hydrogen-bond donors (Lipinski definition) is 0. The molecule has 6 heteroatoms. The standard InChI is InChI=1S/C18H16ClFO3S/c1-18(2,3)23-17(22)13-9-12(20)7-8-15(13)24-16-11(10-21)5-4-6-14(16)19/h4-10H,1-3H3. The van der Waals surface area contributed by atoms with Crippen LogP contribution in [0.3, 0.4) is 0 Å². The predicted octanol–water partition coefficient (Wildman–Crippen LogP) is 5.40. The van der Waals surface area contributed by atoms with Crippen molar-refractivity contribution in [1.29, 1.82) is 0 Å². The fraction of sp³-hybridized carbons (Fsp3) is 0.222. The Bertz CT molecular complexity index is 784. The summed E-state index contributed by atoms with van der Waals surface area (Å²) in [7, 11) is 0. The first-order valence-corrected chi connectivity index (χ1v) is 8.35. The van der Waals surface area contributed by atoms with Gasteiger partial charge in [-0.05, 0) is 45.0 Å². The summed E-state index contributed by atoms with van der Waals surface area (Å²) in [6.45, 7) is 5.20. The molecule has 0 heterocycles. The Balaban J connectivity index is 2.45. The van der Waals surface area contributed by atoms with Gasteiger partial charge in [-0.3, -0.25) is 4.79 Å². The molecule has 0 spiro atoms. The van der Waals surface area contributed by atoms with Gasteiger partial charge in [-0.25, -0.2) is 9.18 Å². The minimum Gasteiger partial charge on any atom is -0.456 e. The van der Waals surface area contributed by atoms with Gasteiger partial charge < -0.3 is 4.74 Å². The van der Waals surface area contributed by atoms with Crippen molar-refractivity contribution in [3.63, 3.8) is 0 Å². The SMILES string of the molecule is CC(C)(C)OC(=O)c1cc(F)ccc1Sc1c(Cl)cccc1C=O. The molecule has 0 saturated carbocycles. The topological polar surface area (TPSA) is 43.4 Å². The van der Waals surface area contributed by atoms with Gasteiger partial charge in [0.1, 0.15) is 11.4 Å². The molecule has 0 aromatic heterocycles. The number of esters is 1. The highest BCUT2D eigenvalue weighted by molar-refractivity contribution is 7.99. The number of rotatable bonds is 4. The Labute approximate surface area is 149 Å². The number of hydrogen-bond acceptors (Lipinski definition) is 4. The lowest BCUT2D eigenvalue weighted by Crippen LogP contribution is -2.24. The third-order valence-electron chi connectivity index (χ3n) is 2.90. The van der Waals surface area contributed by atoms with E-state index in [9.17, 15) is 14.0 Å². The molecule has 2 aromatic carbocycles. The number of aldehydes is 1. The molecule has 3 nitrogen and oxygen atoms in total. The van der Waals surface area contributed by atoms with Crippen LogP contribution in [0.2, 0.25) is 5.02 Å². The highest BCUT2D eigenvalue weighted by Gasteiger charge is 2.22. The van der Waals surface area contributed by atoms with Gasteiger partial charge in [0.2, 0.25) is 0 Å². The lowest BCUT2D eigenvalue weighted by molar-refractivity contribution is 0.00649. The fourth-order valence-corrected chi connectivity index (χ4v) is 3.23. The molecular formula is C18H16ClFO3S. The quantitative estimate of drug-likeness (QED) is 0.537. The second-order valence-corrected chi connectivity index (χ2v) is 7.48. The normalized spacial score (nSPS) is 11.2. The number of carbonyl (C=O) groups excluding carboxylic acids is 2. The maximum absolute atomic E-state index is 13.6. The van der Waals surface area contributed by atoms with Crippen LogP contribution in [0.1, 0.15) is 41.5 Å². The van der Waals surface area contributed by atoms with Crippen molar-refractivity contribution < 1.29 is 18.7 Å². The largest absolute Gasteiger partial charge is 0.456 e. The van der Waals surface area contributed by atoms with Crippen molar-refractivity contribution in [1.82, 2.24) is 0 Å². The second-order valence-electron chi connectivity index (χ2n) is 6.02. The summed E-state index contributed by atoms with van der Waals surface area (Å²) < 4.78 is 18.9. The average Bonchev–Trinajstić information content (AvgIpc) is 2.49. The Kier molecular flexibility index (Phi) is 5.67. The van der Waals surface area contributed by atoms with E-state index in [1.165, 1.54) is 12.1 Å². The third kappa shape index (κ3) is 4.58. The predicted molar refractivity (Wildman–Crippen MR) is 92.5 cm³/mol. The van der Waals surface area contributed by atoms with Crippen molar-refractivity contribution in [2.75, 3.05) is 0 Å². The highest BCUT2D eigenvalue weighted by Crippen LogP contribution is 2.37. The van der Waals surface area contributed by atoms with E-state index in [2.05, 4.69) is 0 Å². The molecule has 0 unspecified atom stereocenters. The van der Waals surface area contributed by atoms with Crippen LogP contribution < -0.4 is 0 Å². The van der Waals surface area contributed by atoms with Gasteiger partial charge in [0.05, 0.1) is 10.6 Å². The zero-order chi connectivity index (χ0) is 17.9. The minimum absolute atomic E-state index is 0.0895. The van der Waals surface area contributed by atoms with Gasteiger partial charge in [-0.2, -0.15) is 0 Å². The molecule has 0 aliphatic rings. The van der Waals surface area contributed by atoms with E-state index in [0.717, 1.165) is 17.8 Å². The Hall–Kier alpha value is -1.85. The van der Waals surface area contributed by atoms with Gasteiger partial charge in [0.15, 0.2) is 6.29 Å². The molecular weight excluding hydrogens is 351 g/mol. The summed E-state index contributed by atoms with van der Waals surface area (Å²) in [5.74, 6) is -1.18. The van der Waals surface area contributed by atoms with E-state index in [1.807, 2.05) is 0 Å². The molecule has 0 fully saturated rings. The lowest BCUT2D eigenvalue weighted by Gasteiger charge is -2.20. The molecule has 0 radical (unpaired) electrons. The van der Waals surface area contributed by atoms with E-state index in [4.69, 9.17) is 16.3 Å². The van der Waals surface area contributed by atoms with E-state index < -0.39 is 17.4 Å². The fourth-order valence-electron chi connectivity index (χ4n) is 1.92. The van der Waals surface area contributed by atoms with Crippen molar-refractivity contribution in [3.8, 4) is 0 Å². The number of benzene rings is 2. The van der Waals surface area contributed by atoms with Crippen LogP contribution in [-0.2, 0) is 4.74 Å². The van der Waals surface area contributed by atoms with Crippen LogP contribution in [0.25, 0.3) is 0 Å². The zero-order valence-electron chi connectivity index (χ0n) is 13.4. The first-order valence-electron chi connectivity index (χ1n) is 7.16. The van der Waals surface area contributed by atoms with Crippen LogP contribution in [0.5, 0.6) is 0 Å². The van der Waals surface area contributed by atoms with Crippen LogP contribution in [0.15, 0.2) is 46.2 Å². The average molecular weight is 367 g/mol. The van der Waals surface area contributed by atoms with Crippen LogP contribution in [0.4, 0.5) is 4.39 Å². The Morgan fingerprint density at radius 3 is 2.58 bits per heavy atom. The highest BCUT2D eigenvalue weighted by atomic mass is 35.5. The van der Waals surface area contributed by atoms with Crippen LogP contribution in [-0.4, -0.2) is 17.9 Å². The summed E-state index contributed by atoms with van der Waals surface area (Å²) in [6.07, 6.45) is 0.685. The Morgan fingerprint density at radius 1 is 1.25 bits per heavy atom. The van der Waals surface area contributed by atoms with Crippen molar-refractivity contribution in [3.05, 3.63) is 58.4 Å². The van der Waals surface area contributed by atoms with Crippen molar-refractivity contribution in [2.45, 2.75) is 36.2 Å². The summed E-state index contributed by atoms with van der Waals surface area (Å²) in [4.78, 5) is 24.5. The second kappa shape index (κ2) is 7.36. The maximum atomic E-state index is 13.6. The minimum atomic E-state index is -0.705. The zero-order valence-corrected chi connectivity index (χ0v) is 15.0. The number of carbonyl (C=O) groups is 2. The van der Waals surface area contributed by atoms with Gasteiger partial charge in [0, 0.05) is 15.4 Å². The summed E-state index contributed by atoms with van der Waals surface area (Å²) in [5.41, 5.74) is -0.220. The van der Waals surface area contributed by atoms with Crippen molar-refractivity contribution >= 4 is 35.6 Å². The van der Waals surface area contributed by atoms with E-state index in [1.54, 1.807) is 39.0 Å². The number of halogens is 2. The summed E-state index contributed by atoms with van der Waals surface area (Å²) >= 11 is 7.28. The van der Waals surface area contributed by atoms with E-state index in [-0.39, 0.29) is 5.56 Å². The summed E-state index contributed by atoms with van der Waals surface area (Å²) in [5, 5.41) is 0.379. The lowest BCUT2D eigenvalue weighted by atomic mass is 10.1.